The molecule has 0 fully saturated rings. The average molecular weight is 478 g/mol. The van der Waals surface area contributed by atoms with Crippen LogP contribution in [0, 0.1) is 0 Å². The maximum atomic E-state index is 12.8. The minimum atomic E-state index is -0.237. The number of quaternary nitrogens is 1. The predicted octanol–water partition coefficient (Wildman–Crippen LogP) is 6.54. The number of benzene rings is 4. The van der Waals surface area contributed by atoms with Crippen molar-refractivity contribution in [3.63, 3.8) is 0 Å². The Bertz CT molecular complexity index is 1500. The Morgan fingerprint density at radius 2 is 1.56 bits per heavy atom. The first-order valence-electron chi connectivity index (χ1n) is 12.0. The second-order valence-electron chi connectivity index (χ2n) is 9.40. The zero-order valence-corrected chi connectivity index (χ0v) is 20.7. The van der Waals surface area contributed by atoms with Crippen molar-refractivity contribution in [2.75, 3.05) is 19.5 Å². The van der Waals surface area contributed by atoms with Crippen LogP contribution in [-0.4, -0.2) is 26.0 Å². The minimum Gasteiger partial charge on any atom is -0.469 e. The number of rotatable bonds is 6. The number of allylic oxidation sites excluding steroid dienone is 1. The molecule has 36 heavy (non-hydrogen) atoms. The van der Waals surface area contributed by atoms with Crippen LogP contribution in [0.25, 0.3) is 16.3 Å². The Labute approximate surface area is 211 Å². The molecule has 0 aliphatic carbocycles. The highest BCUT2D eigenvalue weighted by atomic mass is 16.5. The molecule has 1 amide bonds. The van der Waals surface area contributed by atoms with Gasteiger partial charge in [-0.2, -0.15) is 0 Å². The van der Waals surface area contributed by atoms with Crippen molar-refractivity contribution in [1.29, 1.82) is 0 Å². The van der Waals surface area contributed by atoms with Crippen LogP contribution < -0.4 is 9.80 Å². The number of nitrogens with one attached hydrogen (secondary N) is 1. The maximum absolute atomic E-state index is 12.8. The fourth-order valence-corrected chi connectivity index (χ4v) is 5.07. The van der Waals surface area contributed by atoms with E-state index in [9.17, 15) is 9.59 Å². The maximum Gasteiger partial charge on any atom is 0.310 e. The Morgan fingerprint density at radius 1 is 0.861 bits per heavy atom. The van der Waals surface area contributed by atoms with E-state index < -0.39 is 0 Å². The van der Waals surface area contributed by atoms with Gasteiger partial charge >= 0.3 is 5.97 Å². The third-order valence-corrected chi connectivity index (χ3v) is 7.21. The molecule has 1 N–H and O–H groups in total. The summed E-state index contributed by atoms with van der Waals surface area (Å²) in [7, 11) is 3.60. The van der Waals surface area contributed by atoms with Gasteiger partial charge in [-0.25, -0.2) is 0 Å². The number of hydrogen-bond acceptors (Lipinski definition) is 3. The van der Waals surface area contributed by atoms with E-state index in [-0.39, 0.29) is 18.3 Å². The fourth-order valence-electron chi connectivity index (χ4n) is 5.07. The van der Waals surface area contributed by atoms with Gasteiger partial charge in [0.1, 0.15) is 17.9 Å². The Kier molecular flexibility index (Phi) is 6.17. The number of amides is 1. The molecule has 5 rings (SSSR count). The van der Waals surface area contributed by atoms with Gasteiger partial charge in [-0.1, -0.05) is 54.6 Å². The normalized spacial score (nSPS) is 16.6. The molecule has 5 nitrogen and oxygen atoms in total. The van der Waals surface area contributed by atoms with Gasteiger partial charge < -0.3 is 10.1 Å². The van der Waals surface area contributed by atoms with E-state index in [0.29, 0.717) is 10.0 Å². The molecule has 0 bridgehead atoms. The van der Waals surface area contributed by atoms with Crippen molar-refractivity contribution in [3.05, 3.63) is 113 Å². The van der Waals surface area contributed by atoms with Gasteiger partial charge in [0.15, 0.2) is 0 Å². The summed E-state index contributed by atoms with van der Waals surface area (Å²) < 4.78 is 5.53. The molecule has 1 heterocycles. The van der Waals surface area contributed by atoms with Gasteiger partial charge in [0.2, 0.25) is 0 Å². The van der Waals surface area contributed by atoms with Crippen LogP contribution in [0.3, 0.4) is 0 Å². The van der Waals surface area contributed by atoms with Crippen LogP contribution in [0.5, 0.6) is 0 Å². The van der Waals surface area contributed by atoms with E-state index >= 15 is 0 Å². The number of ether oxygens (including phenoxy) is 1. The highest BCUT2D eigenvalue weighted by Crippen LogP contribution is 2.46. The zero-order valence-electron chi connectivity index (χ0n) is 20.7. The molecule has 1 unspecified atom stereocenters. The van der Waals surface area contributed by atoms with Gasteiger partial charge in [0.05, 0.1) is 20.6 Å². The van der Waals surface area contributed by atoms with Crippen molar-refractivity contribution in [3.8, 4) is 0 Å². The second-order valence-corrected chi connectivity index (χ2v) is 9.40. The number of anilines is 1. The van der Waals surface area contributed by atoms with Crippen molar-refractivity contribution in [2.24, 2.45) is 0 Å². The highest BCUT2D eigenvalue weighted by molar-refractivity contribution is 6.06. The molecule has 0 saturated heterocycles. The summed E-state index contributed by atoms with van der Waals surface area (Å²) in [6.45, 7) is 2.82. The number of para-hydroxylation sites is 1. The number of nitrogens with zero attached hydrogens (tertiary/aromatic N) is 1. The first kappa shape index (κ1) is 23.5. The highest BCUT2D eigenvalue weighted by Gasteiger charge is 2.40. The first-order chi connectivity index (χ1) is 17.4. The standard InChI is InChI=1S/C31H28N2O3/c1-21-28(19-30(34)36-3)27-10-6-7-11-29(27)33(21,2)20-22-12-16-26(17-13-22)32-31(35)25-15-14-23-8-4-5-9-24(23)18-25/h4-18H,19-20H2,1-3H3/p+1. The molecule has 5 heteroatoms. The third-order valence-electron chi connectivity index (χ3n) is 7.21. The Morgan fingerprint density at radius 3 is 2.31 bits per heavy atom. The average Bonchev–Trinajstić information content (AvgIpc) is 3.11. The van der Waals surface area contributed by atoms with Crippen LogP contribution in [0.2, 0.25) is 0 Å². The number of fused-ring (bicyclic) bond motifs is 2. The summed E-state index contributed by atoms with van der Waals surface area (Å²) in [4.78, 5) is 24.9. The van der Waals surface area contributed by atoms with Crippen molar-refractivity contribution in [2.45, 2.75) is 19.9 Å². The molecular weight excluding hydrogens is 448 g/mol. The van der Waals surface area contributed by atoms with Crippen LogP contribution in [-0.2, 0) is 16.1 Å². The van der Waals surface area contributed by atoms with E-state index in [1.807, 2.05) is 78.9 Å². The first-order valence-corrected chi connectivity index (χ1v) is 12.0. The quantitative estimate of drug-likeness (QED) is 0.253. The molecule has 4 aromatic rings. The molecule has 0 spiro atoms. The van der Waals surface area contributed by atoms with E-state index in [2.05, 4.69) is 31.4 Å². The number of methoxy groups -OCH3 is 1. The minimum absolute atomic E-state index is 0.132. The Balaban J connectivity index is 1.35. The van der Waals surface area contributed by atoms with Crippen LogP contribution in [0.15, 0.2) is 96.7 Å². The van der Waals surface area contributed by atoms with Gasteiger partial charge in [-0.05, 0) is 41.1 Å². The molecule has 180 valence electrons. The topological polar surface area (TPSA) is 55.4 Å². The molecular formula is C31H29N2O3+. The smallest absolute Gasteiger partial charge is 0.310 e. The lowest BCUT2D eigenvalue weighted by molar-refractivity contribution is -0.139. The van der Waals surface area contributed by atoms with Crippen molar-refractivity contribution in [1.82, 2.24) is 4.48 Å². The van der Waals surface area contributed by atoms with Crippen LogP contribution in [0.4, 0.5) is 11.4 Å². The lowest BCUT2D eigenvalue weighted by Gasteiger charge is -2.31. The molecule has 1 atom stereocenters. The predicted molar refractivity (Wildman–Crippen MR) is 145 cm³/mol. The SMILES string of the molecule is COC(=O)CC1=C(C)[N+](C)(Cc2ccc(NC(=O)c3ccc4ccccc4c3)cc2)c2ccccc21. The zero-order chi connectivity index (χ0) is 25.3. The van der Waals surface area contributed by atoms with Gasteiger partial charge in [-0.3, -0.25) is 14.1 Å². The number of esters is 1. The monoisotopic (exact) mass is 477 g/mol. The fraction of sp³-hybridized carbons (Fsp3) is 0.161. The van der Waals surface area contributed by atoms with Gasteiger partial charge in [0.25, 0.3) is 5.91 Å². The summed E-state index contributed by atoms with van der Waals surface area (Å²) in [5, 5.41) is 5.16. The summed E-state index contributed by atoms with van der Waals surface area (Å²) in [6, 6.07) is 30.0. The number of hydrogen-bond donors (Lipinski definition) is 1. The second kappa shape index (κ2) is 9.44. The summed E-state index contributed by atoms with van der Waals surface area (Å²) in [5.41, 5.74) is 6.94. The summed E-state index contributed by atoms with van der Waals surface area (Å²) in [5.74, 6) is -0.369. The number of carbonyl (C=O) groups is 2. The summed E-state index contributed by atoms with van der Waals surface area (Å²) >= 11 is 0. The van der Waals surface area contributed by atoms with Gasteiger partial charge in [0, 0.05) is 40.9 Å². The van der Waals surface area contributed by atoms with Crippen molar-refractivity contribution >= 4 is 39.6 Å². The van der Waals surface area contributed by atoms with Gasteiger partial charge in [-0.15, -0.1) is 0 Å². The van der Waals surface area contributed by atoms with Crippen LogP contribution in [0.1, 0.15) is 34.8 Å². The molecule has 0 aromatic heterocycles. The number of carbonyl (C=O) groups excluding carboxylic acids is 2. The molecule has 1 aliphatic heterocycles. The van der Waals surface area contributed by atoms with Crippen LogP contribution >= 0.6 is 0 Å². The lowest BCUT2D eigenvalue weighted by atomic mass is 10.0. The molecule has 1 aliphatic rings. The van der Waals surface area contributed by atoms with Crippen molar-refractivity contribution < 1.29 is 14.3 Å². The van der Waals surface area contributed by atoms with E-state index in [4.69, 9.17) is 4.74 Å². The largest absolute Gasteiger partial charge is 0.469 e. The van der Waals surface area contributed by atoms with E-state index in [0.717, 1.165) is 45.4 Å². The molecule has 4 aromatic carbocycles. The summed E-state index contributed by atoms with van der Waals surface area (Å²) in [6.07, 6.45) is 0.257. The van der Waals surface area contributed by atoms with E-state index in [1.54, 1.807) is 0 Å². The van der Waals surface area contributed by atoms with E-state index in [1.165, 1.54) is 12.8 Å². The molecule has 0 radical (unpaired) electrons. The third kappa shape index (κ3) is 4.30. The Hall–Kier alpha value is -4.22. The molecule has 0 saturated carbocycles. The lowest BCUT2D eigenvalue weighted by Crippen LogP contribution is -2.40.